The number of amides is 1. The molecule has 182 valence electrons. The van der Waals surface area contributed by atoms with Gasteiger partial charge in [-0.05, 0) is 50.5 Å². The van der Waals surface area contributed by atoms with Crippen molar-refractivity contribution in [3.05, 3.63) is 76.5 Å². The number of fused-ring (bicyclic) bond motifs is 1. The smallest absolute Gasteiger partial charge is 0.258 e. The summed E-state index contributed by atoms with van der Waals surface area (Å²) in [4.78, 5) is 20.0. The van der Waals surface area contributed by atoms with Crippen LogP contribution in [0.2, 0.25) is 5.02 Å². The van der Waals surface area contributed by atoms with Crippen molar-refractivity contribution in [3.63, 3.8) is 0 Å². The molecule has 3 aromatic heterocycles. The molecule has 1 aliphatic rings. The first kappa shape index (κ1) is 23.4. The summed E-state index contributed by atoms with van der Waals surface area (Å²) in [6.07, 6.45) is 7.67. The zero-order valence-electron chi connectivity index (χ0n) is 19.2. The first-order valence-electron chi connectivity index (χ1n) is 11.3. The molecule has 0 aliphatic carbocycles. The molecule has 1 amide bonds. The molecule has 4 heterocycles. The van der Waals surface area contributed by atoms with Gasteiger partial charge in [0.1, 0.15) is 11.6 Å². The second-order valence-electron chi connectivity index (χ2n) is 9.40. The molecular weight excluding hydrogens is 476 g/mol. The lowest BCUT2D eigenvalue weighted by atomic mass is 9.85. The number of halogens is 3. The van der Waals surface area contributed by atoms with Crippen molar-refractivity contribution < 1.29 is 18.3 Å². The number of aromatic nitrogens is 4. The highest BCUT2D eigenvalue weighted by atomic mass is 35.5. The molecule has 0 bridgehead atoms. The predicted molar refractivity (Wildman–Crippen MR) is 129 cm³/mol. The minimum Gasteiger partial charge on any atom is -0.376 e. The van der Waals surface area contributed by atoms with E-state index in [4.69, 9.17) is 16.3 Å². The maximum Gasteiger partial charge on any atom is 0.258 e. The Kier molecular flexibility index (Phi) is 6.06. The van der Waals surface area contributed by atoms with Gasteiger partial charge in [0, 0.05) is 36.5 Å². The summed E-state index contributed by atoms with van der Waals surface area (Å²) in [5, 5.41) is 7.55. The Morgan fingerprint density at radius 2 is 2.11 bits per heavy atom. The predicted octanol–water partition coefficient (Wildman–Crippen LogP) is 5.66. The Bertz CT molecular complexity index is 1410. The second kappa shape index (κ2) is 9.05. The van der Waals surface area contributed by atoms with E-state index >= 15 is 0 Å². The molecular formula is C25H24ClF2N5O2. The van der Waals surface area contributed by atoms with Crippen molar-refractivity contribution in [1.82, 2.24) is 19.7 Å². The number of benzene rings is 1. The zero-order valence-corrected chi connectivity index (χ0v) is 20.0. The third-order valence-corrected chi connectivity index (χ3v) is 6.51. The van der Waals surface area contributed by atoms with Gasteiger partial charge in [0.05, 0.1) is 45.8 Å². The minimum atomic E-state index is -0.546. The van der Waals surface area contributed by atoms with Crippen molar-refractivity contribution in [2.75, 3.05) is 11.9 Å². The van der Waals surface area contributed by atoms with E-state index in [0.717, 1.165) is 6.42 Å². The SMILES string of the molecule is CC1(C)CC(c2ncc(Cn3cc(C(=O)Nc4c[nH]c5cc(F)c(Cl)cc45)cn3)cc2F)CCO1. The maximum absolute atomic E-state index is 14.9. The Hall–Kier alpha value is -3.30. The third-order valence-electron chi connectivity index (χ3n) is 6.22. The number of hydrogen-bond acceptors (Lipinski definition) is 4. The molecule has 0 spiro atoms. The lowest BCUT2D eigenvalue weighted by Crippen LogP contribution is -2.33. The molecule has 1 fully saturated rings. The summed E-state index contributed by atoms with van der Waals surface area (Å²) in [5.41, 5.74) is 2.11. The van der Waals surface area contributed by atoms with Crippen LogP contribution in [0.15, 0.2) is 43.0 Å². The van der Waals surface area contributed by atoms with Gasteiger partial charge < -0.3 is 15.0 Å². The fourth-order valence-electron chi connectivity index (χ4n) is 4.51. The van der Waals surface area contributed by atoms with Crippen LogP contribution < -0.4 is 5.32 Å². The van der Waals surface area contributed by atoms with Crippen molar-refractivity contribution in [2.45, 2.75) is 44.8 Å². The highest BCUT2D eigenvalue weighted by Gasteiger charge is 2.32. The summed E-state index contributed by atoms with van der Waals surface area (Å²) in [7, 11) is 0. The van der Waals surface area contributed by atoms with Crippen LogP contribution in [-0.2, 0) is 11.3 Å². The summed E-state index contributed by atoms with van der Waals surface area (Å²) in [6.45, 7) is 4.86. The molecule has 7 nitrogen and oxygen atoms in total. The van der Waals surface area contributed by atoms with Crippen LogP contribution in [0.25, 0.3) is 10.9 Å². The molecule has 1 saturated heterocycles. The van der Waals surface area contributed by atoms with Gasteiger partial charge in [-0.1, -0.05) is 11.6 Å². The van der Waals surface area contributed by atoms with Gasteiger partial charge in [-0.25, -0.2) is 8.78 Å². The molecule has 10 heteroatoms. The molecule has 1 aliphatic heterocycles. The van der Waals surface area contributed by atoms with E-state index < -0.39 is 5.82 Å². The topological polar surface area (TPSA) is 84.8 Å². The summed E-state index contributed by atoms with van der Waals surface area (Å²) in [6, 6.07) is 4.20. The summed E-state index contributed by atoms with van der Waals surface area (Å²) < 4.78 is 35.8. The molecule has 4 aromatic rings. The number of nitrogens with one attached hydrogen (secondary N) is 2. The van der Waals surface area contributed by atoms with Crippen molar-refractivity contribution >= 4 is 34.1 Å². The average Bonchev–Trinajstić information content (AvgIpc) is 3.41. The van der Waals surface area contributed by atoms with E-state index in [2.05, 4.69) is 20.4 Å². The Balaban J connectivity index is 1.27. The third kappa shape index (κ3) is 4.92. The Morgan fingerprint density at radius 1 is 1.29 bits per heavy atom. The van der Waals surface area contributed by atoms with Crippen molar-refractivity contribution in [1.29, 1.82) is 0 Å². The fourth-order valence-corrected chi connectivity index (χ4v) is 4.67. The molecule has 0 radical (unpaired) electrons. The van der Waals surface area contributed by atoms with Crippen molar-refractivity contribution in [2.24, 2.45) is 0 Å². The van der Waals surface area contributed by atoms with Crippen LogP contribution in [0.3, 0.4) is 0 Å². The normalized spacial score (nSPS) is 17.6. The Morgan fingerprint density at radius 3 is 2.89 bits per heavy atom. The minimum absolute atomic E-state index is 0.0173. The van der Waals surface area contributed by atoms with Gasteiger partial charge in [0.15, 0.2) is 0 Å². The highest BCUT2D eigenvalue weighted by molar-refractivity contribution is 6.31. The van der Waals surface area contributed by atoms with E-state index in [1.165, 1.54) is 24.4 Å². The van der Waals surface area contributed by atoms with E-state index in [1.54, 1.807) is 23.3 Å². The molecule has 1 atom stereocenters. The van der Waals surface area contributed by atoms with Crippen LogP contribution in [0.4, 0.5) is 14.5 Å². The van der Waals surface area contributed by atoms with Crippen LogP contribution in [0.5, 0.6) is 0 Å². The standard InChI is InChI=1S/C25H24ClF2N5O2/c1-25(2)8-15(3-4-35-25)23-20(28)5-14(9-30-23)12-33-13-16(10-31-33)24(34)32-22-11-29-21-7-19(27)18(26)6-17(21)22/h5-7,9-11,13,15,29H,3-4,8,12H2,1-2H3,(H,32,34). The molecule has 5 rings (SSSR count). The number of carbonyl (C=O) groups excluding carboxylic acids is 1. The number of pyridine rings is 1. The first-order valence-corrected chi connectivity index (χ1v) is 11.6. The van der Waals surface area contributed by atoms with E-state index in [-0.39, 0.29) is 34.8 Å². The maximum atomic E-state index is 14.9. The van der Waals surface area contributed by atoms with Gasteiger partial charge in [0.25, 0.3) is 5.91 Å². The molecule has 0 saturated carbocycles. The average molecular weight is 500 g/mol. The van der Waals surface area contributed by atoms with E-state index in [1.807, 2.05) is 13.8 Å². The summed E-state index contributed by atoms with van der Waals surface area (Å²) >= 11 is 5.88. The largest absolute Gasteiger partial charge is 0.376 e. The number of aromatic amines is 1. The molecule has 1 aromatic carbocycles. The number of carbonyl (C=O) groups is 1. The number of nitrogens with zero attached hydrogens (tertiary/aromatic N) is 3. The van der Waals surface area contributed by atoms with Gasteiger partial charge in [0.2, 0.25) is 0 Å². The molecule has 2 N–H and O–H groups in total. The monoisotopic (exact) mass is 499 g/mol. The van der Waals surface area contributed by atoms with Crippen molar-refractivity contribution in [3.8, 4) is 0 Å². The number of H-pyrrole nitrogens is 1. The molecule has 35 heavy (non-hydrogen) atoms. The van der Waals surface area contributed by atoms with Crippen LogP contribution >= 0.6 is 11.6 Å². The van der Waals surface area contributed by atoms with E-state index in [0.29, 0.717) is 46.4 Å². The summed E-state index contributed by atoms with van der Waals surface area (Å²) in [5.74, 6) is -1.26. The van der Waals surface area contributed by atoms with Crippen LogP contribution in [0, 0.1) is 11.6 Å². The van der Waals surface area contributed by atoms with Gasteiger partial charge in [-0.2, -0.15) is 5.10 Å². The van der Waals surface area contributed by atoms with Gasteiger partial charge in [-0.3, -0.25) is 14.5 Å². The number of ether oxygens (including phenoxy) is 1. The number of anilines is 1. The van der Waals surface area contributed by atoms with Gasteiger partial charge in [-0.15, -0.1) is 0 Å². The Labute approximate surface area is 205 Å². The lowest BCUT2D eigenvalue weighted by Gasteiger charge is -2.35. The quantitative estimate of drug-likeness (QED) is 0.371. The van der Waals surface area contributed by atoms with Crippen LogP contribution in [0.1, 0.15) is 54.2 Å². The van der Waals surface area contributed by atoms with E-state index in [9.17, 15) is 13.6 Å². The number of rotatable bonds is 5. The number of hydrogen-bond donors (Lipinski definition) is 2. The highest BCUT2D eigenvalue weighted by Crippen LogP contribution is 2.36. The zero-order chi connectivity index (χ0) is 24.7. The van der Waals surface area contributed by atoms with Gasteiger partial charge >= 0.3 is 0 Å². The van der Waals surface area contributed by atoms with Crippen LogP contribution in [-0.4, -0.2) is 37.9 Å². The second-order valence-corrected chi connectivity index (χ2v) is 9.81. The molecule has 1 unspecified atom stereocenters. The lowest BCUT2D eigenvalue weighted by molar-refractivity contribution is -0.0601. The fraction of sp³-hybridized carbons (Fsp3) is 0.320. The first-order chi connectivity index (χ1) is 16.7.